The topological polar surface area (TPSA) is 61.8 Å². The molecule has 5 nitrogen and oxygen atoms in total. The first kappa shape index (κ1) is 23.1. The summed E-state index contributed by atoms with van der Waals surface area (Å²) in [5.41, 5.74) is 2.46. The Hall–Kier alpha value is -3.60. The normalized spacial score (nSPS) is 11.0. The average molecular weight is 433 g/mol. The number of ether oxygens (including phenoxy) is 3. The summed E-state index contributed by atoms with van der Waals surface area (Å²) in [4.78, 5) is 25.2. The monoisotopic (exact) mass is 432 g/mol. The van der Waals surface area contributed by atoms with Crippen molar-refractivity contribution in [3.05, 3.63) is 89.0 Å². The van der Waals surface area contributed by atoms with Crippen LogP contribution in [-0.2, 0) is 11.8 Å². The Labute approximate surface area is 188 Å². The van der Waals surface area contributed by atoms with Crippen LogP contribution in [0.4, 0.5) is 0 Å². The summed E-state index contributed by atoms with van der Waals surface area (Å²) < 4.78 is 16.4. The zero-order valence-electron chi connectivity index (χ0n) is 19.1. The molecule has 32 heavy (non-hydrogen) atoms. The van der Waals surface area contributed by atoms with E-state index in [1.54, 1.807) is 61.7 Å². The standard InChI is InChI=1S/C27H28O5/c1-6-18-7-9-19(10-8-18)25(28)31-22-15-16-24(23(17-22)27(2,3)4)32-26(29)20-11-13-21(30-5)14-12-20/h7-17H,6H2,1-5H3. The molecule has 3 rings (SSSR count). The van der Waals surface area contributed by atoms with E-state index in [2.05, 4.69) is 6.92 Å². The number of aryl methyl sites for hydroxylation is 1. The Morgan fingerprint density at radius 2 is 1.28 bits per heavy atom. The fraction of sp³-hybridized carbons (Fsp3) is 0.259. The smallest absolute Gasteiger partial charge is 0.343 e. The van der Waals surface area contributed by atoms with Crippen molar-refractivity contribution in [3.8, 4) is 17.2 Å². The largest absolute Gasteiger partial charge is 0.497 e. The maximum absolute atomic E-state index is 12.6. The summed E-state index contributed by atoms with van der Waals surface area (Å²) >= 11 is 0. The Morgan fingerprint density at radius 3 is 1.81 bits per heavy atom. The molecule has 3 aromatic rings. The van der Waals surface area contributed by atoms with Gasteiger partial charge in [-0.3, -0.25) is 0 Å². The van der Waals surface area contributed by atoms with Gasteiger partial charge in [-0.25, -0.2) is 9.59 Å². The van der Waals surface area contributed by atoms with Crippen molar-refractivity contribution in [1.29, 1.82) is 0 Å². The van der Waals surface area contributed by atoms with E-state index in [1.165, 1.54) is 0 Å². The minimum Gasteiger partial charge on any atom is -0.497 e. The lowest BCUT2D eigenvalue weighted by Crippen LogP contribution is -2.17. The number of carbonyl (C=O) groups excluding carboxylic acids is 2. The van der Waals surface area contributed by atoms with Crippen LogP contribution < -0.4 is 14.2 Å². The van der Waals surface area contributed by atoms with Crippen LogP contribution in [0.25, 0.3) is 0 Å². The Balaban J connectivity index is 1.82. The van der Waals surface area contributed by atoms with Gasteiger partial charge in [-0.2, -0.15) is 0 Å². The zero-order valence-corrected chi connectivity index (χ0v) is 19.1. The van der Waals surface area contributed by atoms with E-state index in [9.17, 15) is 9.59 Å². The number of rotatable bonds is 6. The molecule has 166 valence electrons. The second-order valence-electron chi connectivity index (χ2n) is 8.47. The lowest BCUT2D eigenvalue weighted by atomic mass is 9.86. The van der Waals surface area contributed by atoms with Crippen molar-refractivity contribution in [1.82, 2.24) is 0 Å². The first-order valence-electron chi connectivity index (χ1n) is 10.5. The molecule has 0 radical (unpaired) electrons. The minimum atomic E-state index is -0.473. The third-order valence-electron chi connectivity index (χ3n) is 5.10. The minimum absolute atomic E-state index is 0.347. The van der Waals surface area contributed by atoms with Gasteiger partial charge in [-0.05, 0) is 72.0 Å². The quantitative estimate of drug-likeness (QED) is 0.353. The predicted molar refractivity (Wildman–Crippen MR) is 124 cm³/mol. The number of benzene rings is 3. The summed E-state index contributed by atoms with van der Waals surface area (Å²) in [5.74, 6) is 0.566. The molecule has 0 fully saturated rings. The molecule has 0 aliphatic heterocycles. The van der Waals surface area contributed by atoms with Crippen LogP contribution in [0.2, 0.25) is 0 Å². The molecule has 0 saturated carbocycles. The van der Waals surface area contributed by atoms with Crippen LogP contribution in [0.5, 0.6) is 17.2 Å². The van der Waals surface area contributed by atoms with Gasteiger partial charge >= 0.3 is 11.9 Å². The third-order valence-corrected chi connectivity index (χ3v) is 5.10. The van der Waals surface area contributed by atoms with Crippen LogP contribution in [0.15, 0.2) is 66.7 Å². The van der Waals surface area contributed by atoms with E-state index in [4.69, 9.17) is 14.2 Å². The second-order valence-corrected chi connectivity index (χ2v) is 8.47. The van der Waals surface area contributed by atoms with Crippen LogP contribution in [-0.4, -0.2) is 19.0 Å². The molecule has 0 amide bonds. The average Bonchev–Trinajstić information content (AvgIpc) is 2.79. The SMILES string of the molecule is CCc1ccc(C(=O)Oc2ccc(OC(=O)c3ccc(OC)cc3)c(C(C)(C)C)c2)cc1. The van der Waals surface area contributed by atoms with Crippen molar-refractivity contribution in [2.24, 2.45) is 0 Å². The Kier molecular flexibility index (Phi) is 6.98. The summed E-state index contributed by atoms with van der Waals surface area (Å²) in [7, 11) is 1.57. The highest BCUT2D eigenvalue weighted by molar-refractivity contribution is 5.92. The Bertz CT molecular complexity index is 1090. The molecule has 0 heterocycles. The summed E-state index contributed by atoms with van der Waals surface area (Å²) in [6.07, 6.45) is 0.904. The highest BCUT2D eigenvalue weighted by atomic mass is 16.5. The van der Waals surface area contributed by atoms with Crippen LogP contribution in [0.3, 0.4) is 0 Å². The molecule has 0 spiro atoms. The van der Waals surface area contributed by atoms with Gasteiger partial charge in [0.2, 0.25) is 0 Å². The highest BCUT2D eigenvalue weighted by Crippen LogP contribution is 2.35. The number of esters is 2. The zero-order chi connectivity index (χ0) is 23.3. The maximum Gasteiger partial charge on any atom is 0.343 e. The van der Waals surface area contributed by atoms with Gasteiger partial charge in [0.25, 0.3) is 0 Å². The van der Waals surface area contributed by atoms with Crippen molar-refractivity contribution in [2.45, 2.75) is 39.5 Å². The van der Waals surface area contributed by atoms with Gasteiger partial charge in [0, 0.05) is 5.56 Å². The molecule has 0 bridgehead atoms. The molecule has 0 N–H and O–H groups in total. The number of carbonyl (C=O) groups is 2. The van der Waals surface area contributed by atoms with Gasteiger partial charge in [0.05, 0.1) is 18.2 Å². The van der Waals surface area contributed by atoms with E-state index in [-0.39, 0.29) is 5.41 Å². The Morgan fingerprint density at radius 1 is 0.750 bits per heavy atom. The van der Waals surface area contributed by atoms with E-state index in [0.717, 1.165) is 17.5 Å². The van der Waals surface area contributed by atoms with Gasteiger partial charge in [0.15, 0.2) is 0 Å². The molecular weight excluding hydrogens is 404 g/mol. The van der Waals surface area contributed by atoms with Crippen molar-refractivity contribution in [2.75, 3.05) is 7.11 Å². The molecule has 0 aliphatic rings. The van der Waals surface area contributed by atoms with Crippen molar-refractivity contribution >= 4 is 11.9 Å². The second kappa shape index (κ2) is 9.69. The van der Waals surface area contributed by atoms with Gasteiger partial charge in [0.1, 0.15) is 17.2 Å². The lowest BCUT2D eigenvalue weighted by Gasteiger charge is -2.23. The predicted octanol–water partition coefficient (Wildman–Crippen LogP) is 5.99. The fourth-order valence-electron chi connectivity index (χ4n) is 3.18. The molecular formula is C27H28O5. The first-order valence-corrected chi connectivity index (χ1v) is 10.5. The van der Waals surface area contributed by atoms with E-state index in [0.29, 0.717) is 28.4 Å². The van der Waals surface area contributed by atoms with Gasteiger partial charge in [-0.1, -0.05) is 39.8 Å². The fourth-order valence-corrected chi connectivity index (χ4v) is 3.18. The van der Waals surface area contributed by atoms with Gasteiger partial charge < -0.3 is 14.2 Å². The molecule has 0 unspecified atom stereocenters. The third kappa shape index (κ3) is 5.55. The van der Waals surface area contributed by atoms with Crippen LogP contribution >= 0.6 is 0 Å². The number of hydrogen-bond donors (Lipinski definition) is 0. The summed E-state index contributed by atoms with van der Waals surface area (Å²) in [5, 5.41) is 0. The molecule has 0 aromatic heterocycles. The van der Waals surface area contributed by atoms with E-state index in [1.807, 2.05) is 32.9 Å². The molecule has 0 atom stereocenters. The van der Waals surface area contributed by atoms with Crippen molar-refractivity contribution < 1.29 is 23.8 Å². The van der Waals surface area contributed by atoms with E-state index >= 15 is 0 Å². The molecule has 0 saturated heterocycles. The first-order chi connectivity index (χ1) is 15.2. The summed E-state index contributed by atoms with van der Waals surface area (Å²) in [6, 6.07) is 19.1. The lowest BCUT2D eigenvalue weighted by molar-refractivity contribution is 0.0716. The highest BCUT2D eigenvalue weighted by Gasteiger charge is 2.23. The van der Waals surface area contributed by atoms with Gasteiger partial charge in [-0.15, -0.1) is 0 Å². The molecule has 5 heteroatoms. The molecule has 0 aliphatic carbocycles. The van der Waals surface area contributed by atoms with E-state index < -0.39 is 11.9 Å². The van der Waals surface area contributed by atoms with Crippen LogP contribution in [0.1, 0.15) is 59.5 Å². The van der Waals surface area contributed by atoms with Crippen molar-refractivity contribution in [3.63, 3.8) is 0 Å². The number of methoxy groups -OCH3 is 1. The summed E-state index contributed by atoms with van der Waals surface area (Å²) in [6.45, 7) is 8.07. The molecule has 3 aromatic carbocycles. The maximum atomic E-state index is 12.6. The number of hydrogen-bond acceptors (Lipinski definition) is 5. The van der Waals surface area contributed by atoms with Crippen LogP contribution in [0, 0.1) is 0 Å².